The zero-order chi connectivity index (χ0) is 34.7. The van der Waals surface area contributed by atoms with Crippen LogP contribution in [0.15, 0.2) is 67.3 Å². The van der Waals surface area contributed by atoms with Crippen molar-refractivity contribution in [3.8, 4) is 17.2 Å². The van der Waals surface area contributed by atoms with E-state index >= 15 is 0 Å². The highest BCUT2D eigenvalue weighted by atomic mass is 19.3. The van der Waals surface area contributed by atoms with E-state index in [0.29, 0.717) is 55.6 Å². The molecule has 12 nitrogen and oxygen atoms in total. The lowest BCUT2D eigenvalue weighted by molar-refractivity contribution is -0.0320. The van der Waals surface area contributed by atoms with Crippen LogP contribution in [0.3, 0.4) is 0 Å². The molecular weight excluding hydrogens is 642 g/mol. The van der Waals surface area contributed by atoms with Gasteiger partial charge in [0.05, 0.1) is 18.0 Å². The van der Waals surface area contributed by atoms with Crippen molar-refractivity contribution in [1.29, 1.82) is 5.26 Å². The van der Waals surface area contributed by atoms with Gasteiger partial charge in [0, 0.05) is 68.7 Å². The Kier molecular flexibility index (Phi) is 9.33. The largest absolute Gasteiger partial charge is 0.368 e. The lowest BCUT2D eigenvalue weighted by atomic mass is 9.87. The molecule has 260 valence electrons. The lowest BCUT2D eigenvalue weighted by Crippen LogP contribution is -2.49. The van der Waals surface area contributed by atoms with Crippen molar-refractivity contribution in [3.63, 3.8) is 0 Å². The minimum absolute atomic E-state index is 0.0564. The molecule has 3 aliphatic rings. The monoisotopic (exact) mass is 682 g/mol. The minimum Gasteiger partial charge on any atom is -0.368 e. The van der Waals surface area contributed by atoms with Crippen LogP contribution < -0.4 is 20.4 Å². The van der Waals surface area contributed by atoms with Crippen LogP contribution in [0, 0.1) is 11.3 Å². The van der Waals surface area contributed by atoms with Crippen LogP contribution in [0.1, 0.15) is 56.1 Å². The molecule has 0 bridgehead atoms. The van der Waals surface area contributed by atoms with Crippen LogP contribution in [-0.2, 0) is 18.3 Å². The maximum absolute atomic E-state index is 13.9. The van der Waals surface area contributed by atoms with Gasteiger partial charge in [0.2, 0.25) is 5.95 Å². The molecule has 3 fully saturated rings. The molecule has 1 aliphatic carbocycles. The number of hydrogen-bond donors (Lipinski definition) is 2. The number of alkyl halides is 2. The number of benzene rings is 1. The Bertz CT molecular complexity index is 1830. The first-order valence-electron chi connectivity index (χ1n) is 17.1. The van der Waals surface area contributed by atoms with E-state index in [1.165, 1.54) is 6.20 Å². The number of ether oxygens (including phenoxy) is 1. The number of aromatic nitrogens is 5. The molecule has 1 spiro atoms. The smallest absolute Gasteiger partial charge is 0.323 e. The molecule has 50 heavy (non-hydrogen) atoms. The first-order chi connectivity index (χ1) is 24.2. The van der Waals surface area contributed by atoms with Crippen molar-refractivity contribution in [1.82, 2.24) is 30.0 Å². The molecule has 0 unspecified atom stereocenters. The van der Waals surface area contributed by atoms with Gasteiger partial charge in [0.25, 0.3) is 5.92 Å². The number of carbonyl (C=O) groups excluding carboxylic acids is 1. The number of halogens is 2. The van der Waals surface area contributed by atoms with Gasteiger partial charge in [-0.3, -0.25) is 9.58 Å². The van der Waals surface area contributed by atoms with Crippen LogP contribution in [0.4, 0.5) is 31.2 Å². The highest BCUT2D eigenvalue weighted by molar-refractivity contribution is 5.91. The standard InChI is InChI=1S/C36H40F2N10O2/c1-46-22-28(21-43-46)26-7-12-31(40-19-26)48(34(49)42-18-25-5-3-2-4-6-25)30-10-8-29(9-11-30)44-33-41-20-27(17-39)32(45-33)47-15-13-35(14-16-47)23-36(37,38)24-50-35/h2-7,12,19-22,29-30H,8-11,13-16,18,23-24H2,1H3,(H,42,49)(H,41,44,45)/t29-,30-. The van der Waals surface area contributed by atoms with E-state index in [1.54, 1.807) is 22.0 Å². The summed E-state index contributed by atoms with van der Waals surface area (Å²) in [6.07, 6.45) is 10.6. The van der Waals surface area contributed by atoms with Crippen molar-refractivity contribution < 1.29 is 18.3 Å². The average Bonchev–Trinajstić information content (AvgIpc) is 3.70. The second-order valence-corrected chi connectivity index (χ2v) is 13.5. The second kappa shape index (κ2) is 14.0. The van der Waals surface area contributed by atoms with Crippen LogP contribution in [0.25, 0.3) is 11.1 Å². The van der Waals surface area contributed by atoms with Gasteiger partial charge in [0.15, 0.2) is 5.82 Å². The molecular formula is C36H40F2N10O2. The van der Waals surface area contributed by atoms with Crippen LogP contribution in [-0.4, -0.2) is 74.1 Å². The summed E-state index contributed by atoms with van der Waals surface area (Å²) in [4.78, 5) is 31.4. The molecule has 3 aromatic heterocycles. The fourth-order valence-electron chi connectivity index (χ4n) is 7.29. The Hall–Kier alpha value is -5.16. The predicted octanol–water partition coefficient (Wildman–Crippen LogP) is 5.68. The quantitative estimate of drug-likeness (QED) is 0.241. The fourth-order valence-corrected chi connectivity index (χ4v) is 7.29. The van der Waals surface area contributed by atoms with Crippen molar-refractivity contribution in [2.24, 2.45) is 7.05 Å². The summed E-state index contributed by atoms with van der Waals surface area (Å²) < 4.78 is 35.1. The van der Waals surface area contributed by atoms with Gasteiger partial charge < -0.3 is 20.3 Å². The van der Waals surface area contributed by atoms with E-state index in [2.05, 4.69) is 26.8 Å². The van der Waals surface area contributed by atoms with Gasteiger partial charge >= 0.3 is 6.03 Å². The summed E-state index contributed by atoms with van der Waals surface area (Å²) in [7, 11) is 1.87. The Balaban J connectivity index is 1.01. The molecule has 1 aromatic carbocycles. The molecule has 0 radical (unpaired) electrons. The number of rotatable bonds is 8. The first-order valence-corrected chi connectivity index (χ1v) is 17.1. The van der Waals surface area contributed by atoms with E-state index in [4.69, 9.17) is 14.7 Å². The summed E-state index contributed by atoms with van der Waals surface area (Å²) in [6.45, 7) is 0.791. The van der Waals surface area contributed by atoms with Crippen LogP contribution in [0.5, 0.6) is 0 Å². The van der Waals surface area contributed by atoms with Crippen LogP contribution >= 0.6 is 0 Å². The molecule has 0 atom stereocenters. The number of nitrogens with zero attached hydrogens (tertiary/aromatic N) is 8. The van der Waals surface area contributed by atoms with Gasteiger partial charge in [-0.2, -0.15) is 15.3 Å². The highest BCUT2D eigenvalue weighted by Crippen LogP contribution is 2.44. The van der Waals surface area contributed by atoms with Crippen molar-refractivity contribution in [3.05, 3.63) is 78.4 Å². The first kappa shape index (κ1) is 33.3. The van der Waals surface area contributed by atoms with E-state index in [1.807, 2.05) is 60.6 Å². The Morgan fingerprint density at radius 3 is 2.46 bits per heavy atom. The predicted molar refractivity (Wildman–Crippen MR) is 184 cm³/mol. The maximum atomic E-state index is 13.9. The Labute approximate surface area is 289 Å². The van der Waals surface area contributed by atoms with Crippen molar-refractivity contribution >= 4 is 23.6 Å². The summed E-state index contributed by atoms with van der Waals surface area (Å²) in [5, 5.41) is 20.6. The molecule has 14 heteroatoms. The zero-order valence-corrected chi connectivity index (χ0v) is 27.9. The lowest BCUT2D eigenvalue weighted by Gasteiger charge is -2.39. The highest BCUT2D eigenvalue weighted by Gasteiger charge is 2.52. The molecule has 2 saturated heterocycles. The molecule has 5 heterocycles. The number of aryl methyl sites for hydroxylation is 1. The summed E-state index contributed by atoms with van der Waals surface area (Å²) >= 11 is 0. The van der Waals surface area contributed by atoms with Gasteiger partial charge in [-0.15, -0.1) is 0 Å². The zero-order valence-electron chi connectivity index (χ0n) is 27.9. The number of amides is 2. The number of nitriles is 1. The number of anilines is 3. The summed E-state index contributed by atoms with van der Waals surface area (Å²) in [5.74, 6) is -1.30. The fraction of sp³-hybridized carbons (Fsp3) is 0.444. The van der Waals surface area contributed by atoms with Gasteiger partial charge in [-0.25, -0.2) is 23.5 Å². The SMILES string of the molecule is Cn1cc(-c2ccc(N(C(=O)NCc3ccccc3)[C@H]3CC[C@H](Nc4ncc(C#N)c(N5CCC6(CC5)CC(F)(F)CO6)n4)CC3)nc2)cn1. The van der Waals surface area contributed by atoms with E-state index in [-0.39, 0.29) is 24.5 Å². The molecule has 1 saturated carbocycles. The number of carbonyl (C=O) groups is 1. The molecule has 2 N–H and O–H groups in total. The van der Waals surface area contributed by atoms with Crippen LogP contribution in [0.2, 0.25) is 0 Å². The minimum atomic E-state index is -2.80. The molecule has 2 amide bonds. The summed E-state index contributed by atoms with van der Waals surface area (Å²) in [6, 6.07) is 15.6. The molecule has 4 aromatic rings. The van der Waals surface area contributed by atoms with Crippen molar-refractivity contribution in [2.45, 2.75) is 75.1 Å². The Morgan fingerprint density at radius 2 is 1.82 bits per heavy atom. The second-order valence-electron chi connectivity index (χ2n) is 13.5. The number of hydrogen-bond acceptors (Lipinski definition) is 9. The molecule has 7 rings (SSSR count). The van der Waals surface area contributed by atoms with E-state index < -0.39 is 18.1 Å². The number of urea groups is 1. The van der Waals surface area contributed by atoms with E-state index in [9.17, 15) is 18.8 Å². The normalized spacial score (nSPS) is 21.0. The number of pyridine rings is 1. The third-order valence-corrected chi connectivity index (χ3v) is 9.97. The Morgan fingerprint density at radius 1 is 1.04 bits per heavy atom. The number of nitrogens with one attached hydrogen (secondary N) is 2. The average molecular weight is 683 g/mol. The molecule has 2 aliphatic heterocycles. The maximum Gasteiger partial charge on any atom is 0.323 e. The summed E-state index contributed by atoms with van der Waals surface area (Å²) in [5.41, 5.74) is 2.39. The van der Waals surface area contributed by atoms with Gasteiger partial charge in [-0.1, -0.05) is 30.3 Å². The third-order valence-electron chi connectivity index (χ3n) is 9.97. The van der Waals surface area contributed by atoms with Gasteiger partial charge in [0.1, 0.15) is 24.1 Å². The van der Waals surface area contributed by atoms with Crippen molar-refractivity contribution in [2.75, 3.05) is 34.8 Å². The third kappa shape index (κ3) is 7.38. The topological polar surface area (TPSA) is 137 Å². The number of piperidine rings is 1. The van der Waals surface area contributed by atoms with Gasteiger partial charge in [-0.05, 0) is 56.2 Å². The van der Waals surface area contributed by atoms with E-state index in [0.717, 1.165) is 42.4 Å².